The molecular formula is C36H22N2. The number of benzene rings is 7. The molecule has 0 saturated heterocycles. The fourth-order valence-electron chi connectivity index (χ4n) is 6.82. The molecule has 0 spiro atoms. The Morgan fingerprint density at radius 3 is 1.61 bits per heavy atom. The van der Waals surface area contributed by atoms with Crippen molar-refractivity contribution in [3.8, 4) is 11.4 Å². The largest absolute Gasteiger partial charge is 0.327 e. The van der Waals surface area contributed by atoms with Crippen LogP contribution in [0.15, 0.2) is 115 Å². The first-order valence-corrected chi connectivity index (χ1v) is 13.1. The molecule has 0 amide bonds. The molecule has 0 unspecified atom stereocenters. The minimum atomic E-state index is 0.991. The van der Waals surface area contributed by atoms with Crippen LogP contribution in [-0.4, -0.2) is 9.55 Å². The van der Waals surface area contributed by atoms with E-state index in [-0.39, 0.29) is 0 Å². The van der Waals surface area contributed by atoms with Crippen LogP contribution in [0.5, 0.6) is 0 Å². The van der Waals surface area contributed by atoms with E-state index in [2.05, 4.69) is 127 Å². The minimum absolute atomic E-state index is 0.991. The minimum Gasteiger partial charge on any atom is -0.327 e. The maximum atomic E-state index is 5.07. The standard InChI is InChI=1S/C36H22N2/c1-38-31-14-3-2-13-30(31)37-36(38)25-19-24-18-17-23-8-5-11-27-26-10-4-7-21-15-16-22-9-6-12-28(34(22)32(21)26)29(20-25)35(24)33(23)27/h2-20H,1H3. The number of hydrogen-bond acceptors (Lipinski definition) is 1. The molecule has 8 aromatic carbocycles. The van der Waals surface area contributed by atoms with Crippen molar-refractivity contribution in [2.24, 2.45) is 7.05 Å². The molecule has 0 aliphatic carbocycles. The molecule has 38 heavy (non-hydrogen) atoms. The Kier molecular flexibility index (Phi) is 3.76. The summed E-state index contributed by atoms with van der Waals surface area (Å²) in [5.74, 6) is 0.991. The number of aromatic nitrogens is 2. The number of nitrogens with zero attached hydrogens (tertiary/aromatic N) is 2. The molecular weight excluding hydrogens is 460 g/mol. The molecule has 1 aromatic heterocycles. The van der Waals surface area contributed by atoms with Gasteiger partial charge in [-0.1, -0.05) is 91.0 Å². The van der Waals surface area contributed by atoms with Crippen LogP contribution in [0.4, 0.5) is 0 Å². The Hall–Kier alpha value is -4.95. The molecule has 176 valence electrons. The van der Waals surface area contributed by atoms with E-state index in [9.17, 15) is 0 Å². The second kappa shape index (κ2) is 7.08. The first-order valence-electron chi connectivity index (χ1n) is 13.1. The maximum absolute atomic E-state index is 5.07. The van der Waals surface area contributed by atoms with E-state index in [4.69, 9.17) is 4.98 Å². The first kappa shape index (κ1) is 20.1. The van der Waals surface area contributed by atoms with Gasteiger partial charge in [-0.3, -0.25) is 0 Å². The van der Waals surface area contributed by atoms with Crippen LogP contribution in [0.1, 0.15) is 0 Å². The molecule has 0 saturated carbocycles. The first-order chi connectivity index (χ1) is 18.8. The van der Waals surface area contributed by atoms with Crippen LogP contribution in [0, 0.1) is 0 Å². The average molecular weight is 483 g/mol. The van der Waals surface area contributed by atoms with Gasteiger partial charge in [-0.2, -0.15) is 0 Å². The van der Waals surface area contributed by atoms with Crippen LogP contribution < -0.4 is 0 Å². The molecule has 9 rings (SSSR count). The smallest absolute Gasteiger partial charge is 0.140 e. The Labute approximate surface area is 218 Å². The SMILES string of the molecule is Cn1c(-c2cc3ccc4cccc5c6cccc7ccc8cccc(c(c2)c3c45)c8c76)nc2ccccc21. The zero-order valence-corrected chi connectivity index (χ0v) is 20.9. The van der Waals surface area contributed by atoms with Crippen molar-refractivity contribution >= 4 is 75.7 Å². The van der Waals surface area contributed by atoms with Gasteiger partial charge in [0.15, 0.2) is 0 Å². The fraction of sp³-hybridized carbons (Fsp3) is 0.0278. The molecule has 0 atom stereocenters. The van der Waals surface area contributed by atoms with E-state index in [1.807, 2.05) is 0 Å². The zero-order chi connectivity index (χ0) is 25.0. The summed E-state index contributed by atoms with van der Waals surface area (Å²) in [6.07, 6.45) is 0. The van der Waals surface area contributed by atoms with E-state index < -0.39 is 0 Å². The maximum Gasteiger partial charge on any atom is 0.140 e. The zero-order valence-electron chi connectivity index (χ0n) is 20.9. The van der Waals surface area contributed by atoms with Gasteiger partial charge in [-0.05, 0) is 88.9 Å². The second-order valence-corrected chi connectivity index (χ2v) is 10.4. The monoisotopic (exact) mass is 482 g/mol. The quantitative estimate of drug-likeness (QED) is 0.213. The summed E-state index contributed by atoms with van der Waals surface area (Å²) in [6.45, 7) is 0. The summed E-state index contributed by atoms with van der Waals surface area (Å²) in [6, 6.07) is 42.4. The number of imidazole rings is 1. The number of aryl methyl sites for hydroxylation is 1. The normalized spacial score (nSPS) is 12.3. The van der Waals surface area contributed by atoms with E-state index >= 15 is 0 Å². The Morgan fingerprint density at radius 2 is 1.00 bits per heavy atom. The van der Waals surface area contributed by atoms with Gasteiger partial charge in [-0.25, -0.2) is 4.98 Å². The summed E-state index contributed by atoms with van der Waals surface area (Å²) >= 11 is 0. The molecule has 0 bridgehead atoms. The van der Waals surface area contributed by atoms with E-state index in [0.29, 0.717) is 0 Å². The van der Waals surface area contributed by atoms with Crippen molar-refractivity contribution in [2.45, 2.75) is 0 Å². The van der Waals surface area contributed by atoms with Crippen LogP contribution in [0.2, 0.25) is 0 Å². The molecule has 0 radical (unpaired) electrons. The summed E-state index contributed by atoms with van der Waals surface area (Å²) in [4.78, 5) is 5.07. The third kappa shape index (κ3) is 2.49. The highest BCUT2D eigenvalue weighted by Gasteiger charge is 2.17. The number of hydrogen-bond donors (Lipinski definition) is 0. The molecule has 0 aliphatic heterocycles. The summed E-state index contributed by atoms with van der Waals surface area (Å²) in [7, 11) is 2.12. The van der Waals surface area contributed by atoms with Crippen molar-refractivity contribution in [3.05, 3.63) is 115 Å². The molecule has 0 fully saturated rings. The highest BCUT2D eigenvalue weighted by Crippen LogP contribution is 2.44. The van der Waals surface area contributed by atoms with Gasteiger partial charge < -0.3 is 4.57 Å². The second-order valence-electron chi connectivity index (χ2n) is 10.4. The van der Waals surface area contributed by atoms with Crippen molar-refractivity contribution in [1.82, 2.24) is 9.55 Å². The molecule has 0 N–H and O–H groups in total. The van der Waals surface area contributed by atoms with Crippen LogP contribution in [0.25, 0.3) is 87.1 Å². The lowest BCUT2D eigenvalue weighted by Crippen LogP contribution is -1.94. The topological polar surface area (TPSA) is 17.8 Å². The molecule has 2 nitrogen and oxygen atoms in total. The Morgan fingerprint density at radius 1 is 0.474 bits per heavy atom. The van der Waals surface area contributed by atoms with Gasteiger partial charge in [0.1, 0.15) is 5.82 Å². The van der Waals surface area contributed by atoms with Crippen molar-refractivity contribution in [2.75, 3.05) is 0 Å². The van der Waals surface area contributed by atoms with Crippen molar-refractivity contribution in [3.63, 3.8) is 0 Å². The highest BCUT2D eigenvalue weighted by molar-refractivity contribution is 6.37. The lowest BCUT2D eigenvalue weighted by Gasteiger charge is -2.17. The Balaban J connectivity index is 1.61. The number of para-hydroxylation sites is 2. The molecule has 0 aliphatic rings. The lowest BCUT2D eigenvalue weighted by molar-refractivity contribution is 0.960. The molecule has 1 heterocycles. The molecule has 2 heteroatoms. The van der Waals surface area contributed by atoms with E-state index in [1.165, 1.54) is 64.6 Å². The van der Waals surface area contributed by atoms with Crippen LogP contribution in [-0.2, 0) is 7.05 Å². The van der Waals surface area contributed by atoms with E-state index in [0.717, 1.165) is 22.4 Å². The lowest BCUT2D eigenvalue weighted by atomic mass is 9.87. The summed E-state index contributed by atoms with van der Waals surface area (Å²) in [5.41, 5.74) is 3.31. The number of rotatable bonds is 1. The van der Waals surface area contributed by atoms with E-state index in [1.54, 1.807) is 0 Å². The van der Waals surface area contributed by atoms with Crippen molar-refractivity contribution in [1.29, 1.82) is 0 Å². The van der Waals surface area contributed by atoms with Crippen molar-refractivity contribution < 1.29 is 0 Å². The Bertz CT molecular complexity index is 2400. The average Bonchev–Trinajstić information content (AvgIpc) is 3.31. The van der Waals surface area contributed by atoms with Crippen LogP contribution >= 0.6 is 0 Å². The number of fused-ring (bicyclic) bond motifs is 3. The van der Waals surface area contributed by atoms with Gasteiger partial charge in [0.05, 0.1) is 11.0 Å². The van der Waals surface area contributed by atoms with Gasteiger partial charge in [0.2, 0.25) is 0 Å². The van der Waals surface area contributed by atoms with Gasteiger partial charge in [0, 0.05) is 12.6 Å². The highest BCUT2D eigenvalue weighted by atomic mass is 15.1. The van der Waals surface area contributed by atoms with Gasteiger partial charge in [-0.15, -0.1) is 0 Å². The van der Waals surface area contributed by atoms with Crippen LogP contribution in [0.3, 0.4) is 0 Å². The van der Waals surface area contributed by atoms with Gasteiger partial charge >= 0.3 is 0 Å². The molecule has 9 aromatic rings. The summed E-state index contributed by atoms with van der Waals surface area (Å²) < 4.78 is 2.22. The fourth-order valence-corrected chi connectivity index (χ4v) is 6.82. The third-order valence-corrected chi connectivity index (χ3v) is 8.47. The third-order valence-electron chi connectivity index (χ3n) is 8.47. The predicted octanol–water partition coefficient (Wildman–Crippen LogP) is 9.60. The predicted molar refractivity (Wildman–Crippen MR) is 162 cm³/mol. The van der Waals surface area contributed by atoms with Gasteiger partial charge in [0.25, 0.3) is 0 Å². The summed E-state index contributed by atoms with van der Waals surface area (Å²) in [5, 5.41) is 15.6.